The Morgan fingerprint density at radius 3 is 2.73 bits per heavy atom. The topological polar surface area (TPSA) is 69.0 Å². The Bertz CT molecular complexity index is 1000. The van der Waals surface area contributed by atoms with Gasteiger partial charge in [-0.15, -0.1) is 16.8 Å². The van der Waals surface area contributed by atoms with Gasteiger partial charge in [0.1, 0.15) is 11.6 Å². The van der Waals surface area contributed by atoms with Gasteiger partial charge in [-0.3, -0.25) is 9.36 Å². The van der Waals surface area contributed by atoms with Gasteiger partial charge in [-0.1, -0.05) is 42.1 Å². The second-order valence-corrected chi connectivity index (χ2v) is 7.36. The van der Waals surface area contributed by atoms with Crippen molar-refractivity contribution in [1.29, 1.82) is 0 Å². The summed E-state index contributed by atoms with van der Waals surface area (Å²) in [4.78, 5) is 12.2. The largest absolute Gasteiger partial charge is 0.496 e. The number of benzene rings is 2. The number of ether oxygens (including phenoxy) is 1. The number of hydrogen-bond acceptors (Lipinski definition) is 5. The standard InChI is InChI=1S/C22H23FN4O2S/c1-3-14-27-21(18-6-4-5-7-19(18)29-2)25-26-22(27)30-15-20(28)24-13-12-16-8-10-17(23)11-9-16/h3-11H,1,12-15H2,2H3,(H,24,28). The van der Waals surface area contributed by atoms with Crippen molar-refractivity contribution >= 4 is 17.7 Å². The lowest BCUT2D eigenvalue weighted by molar-refractivity contribution is -0.118. The van der Waals surface area contributed by atoms with E-state index >= 15 is 0 Å². The van der Waals surface area contributed by atoms with Gasteiger partial charge in [0.15, 0.2) is 11.0 Å². The molecule has 1 amide bonds. The SMILES string of the molecule is C=CCn1c(SCC(=O)NCCc2ccc(F)cc2)nnc1-c1ccccc1OC. The van der Waals surface area contributed by atoms with E-state index in [2.05, 4.69) is 22.1 Å². The average molecular weight is 427 g/mol. The van der Waals surface area contributed by atoms with Gasteiger partial charge in [-0.2, -0.15) is 0 Å². The summed E-state index contributed by atoms with van der Waals surface area (Å²) >= 11 is 1.31. The Labute approximate surface area is 179 Å². The number of aromatic nitrogens is 3. The molecule has 3 rings (SSSR count). The molecule has 156 valence electrons. The van der Waals surface area contributed by atoms with Crippen molar-refractivity contribution in [3.05, 3.63) is 72.6 Å². The molecule has 0 aliphatic heterocycles. The molecule has 0 radical (unpaired) electrons. The van der Waals surface area contributed by atoms with Crippen molar-refractivity contribution in [2.24, 2.45) is 0 Å². The molecule has 8 heteroatoms. The number of hydrogen-bond donors (Lipinski definition) is 1. The minimum Gasteiger partial charge on any atom is -0.496 e. The molecule has 1 N–H and O–H groups in total. The van der Waals surface area contributed by atoms with Crippen LogP contribution >= 0.6 is 11.8 Å². The fraction of sp³-hybridized carbons (Fsp3) is 0.227. The van der Waals surface area contributed by atoms with Crippen molar-refractivity contribution in [1.82, 2.24) is 20.1 Å². The number of allylic oxidation sites excluding steroid dienone is 1. The summed E-state index contributed by atoms with van der Waals surface area (Å²) in [6.45, 7) is 4.80. The minimum absolute atomic E-state index is 0.103. The summed E-state index contributed by atoms with van der Waals surface area (Å²) in [7, 11) is 1.61. The third kappa shape index (κ3) is 5.48. The molecule has 0 spiro atoms. The number of carbonyl (C=O) groups excluding carboxylic acids is 1. The van der Waals surface area contributed by atoms with E-state index in [1.165, 1.54) is 23.9 Å². The van der Waals surface area contributed by atoms with E-state index in [4.69, 9.17) is 4.74 Å². The third-order valence-electron chi connectivity index (χ3n) is 4.36. The fourth-order valence-corrected chi connectivity index (χ4v) is 3.67. The number of thioether (sulfide) groups is 1. The molecule has 0 aliphatic rings. The van der Waals surface area contributed by atoms with Gasteiger partial charge in [-0.05, 0) is 36.2 Å². The summed E-state index contributed by atoms with van der Waals surface area (Å²) in [5.41, 5.74) is 1.79. The molecule has 0 saturated heterocycles. The number of nitrogens with zero attached hydrogens (tertiary/aromatic N) is 3. The predicted molar refractivity (Wildman–Crippen MR) is 116 cm³/mol. The molecule has 0 aliphatic carbocycles. The van der Waals surface area contributed by atoms with E-state index in [-0.39, 0.29) is 17.5 Å². The Morgan fingerprint density at radius 2 is 2.00 bits per heavy atom. The second kappa shape index (κ2) is 10.6. The lowest BCUT2D eigenvalue weighted by Gasteiger charge is -2.10. The van der Waals surface area contributed by atoms with Crippen LogP contribution in [0.2, 0.25) is 0 Å². The Morgan fingerprint density at radius 1 is 1.23 bits per heavy atom. The monoisotopic (exact) mass is 426 g/mol. The maximum Gasteiger partial charge on any atom is 0.230 e. The first-order valence-electron chi connectivity index (χ1n) is 9.43. The molecular formula is C22H23FN4O2S. The summed E-state index contributed by atoms with van der Waals surface area (Å²) in [6.07, 6.45) is 2.40. The second-order valence-electron chi connectivity index (χ2n) is 6.42. The molecule has 0 unspecified atom stereocenters. The first-order chi connectivity index (χ1) is 14.6. The van der Waals surface area contributed by atoms with Crippen molar-refractivity contribution in [3.63, 3.8) is 0 Å². The van der Waals surface area contributed by atoms with E-state index in [1.807, 2.05) is 28.8 Å². The molecule has 0 bridgehead atoms. The van der Waals surface area contributed by atoms with Crippen molar-refractivity contribution in [2.75, 3.05) is 19.4 Å². The van der Waals surface area contributed by atoms with Crippen LogP contribution < -0.4 is 10.1 Å². The molecule has 6 nitrogen and oxygen atoms in total. The average Bonchev–Trinajstić information content (AvgIpc) is 3.16. The highest BCUT2D eigenvalue weighted by atomic mass is 32.2. The van der Waals surface area contributed by atoms with Gasteiger partial charge in [-0.25, -0.2) is 4.39 Å². The highest BCUT2D eigenvalue weighted by Gasteiger charge is 2.17. The van der Waals surface area contributed by atoms with Crippen LogP contribution in [0.15, 0.2) is 66.3 Å². The number of para-hydroxylation sites is 1. The highest BCUT2D eigenvalue weighted by Crippen LogP contribution is 2.30. The summed E-state index contributed by atoms with van der Waals surface area (Å²) < 4.78 is 20.3. The number of halogens is 1. The Balaban J connectivity index is 1.60. The zero-order valence-electron chi connectivity index (χ0n) is 16.7. The number of carbonyl (C=O) groups is 1. The van der Waals surface area contributed by atoms with Crippen molar-refractivity contribution in [3.8, 4) is 17.1 Å². The fourth-order valence-electron chi connectivity index (χ4n) is 2.90. The van der Waals surface area contributed by atoms with E-state index in [9.17, 15) is 9.18 Å². The van der Waals surface area contributed by atoms with Gasteiger partial charge in [0.25, 0.3) is 0 Å². The molecular weight excluding hydrogens is 403 g/mol. The lowest BCUT2D eigenvalue weighted by atomic mass is 10.1. The van der Waals surface area contributed by atoms with Crippen LogP contribution in [0.5, 0.6) is 5.75 Å². The van der Waals surface area contributed by atoms with Gasteiger partial charge in [0, 0.05) is 13.1 Å². The quantitative estimate of drug-likeness (QED) is 0.395. The van der Waals surface area contributed by atoms with Gasteiger partial charge >= 0.3 is 0 Å². The van der Waals surface area contributed by atoms with Gasteiger partial charge in [0.05, 0.1) is 18.4 Å². The maximum atomic E-state index is 12.9. The number of methoxy groups -OCH3 is 1. The van der Waals surface area contributed by atoms with Crippen LogP contribution in [0.25, 0.3) is 11.4 Å². The zero-order chi connectivity index (χ0) is 21.3. The van der Waals surface area contributed by atoms with E-state index in [0.717, 1.165) is 11.1 Å². The third-order valence-corrected chi connectivity index (χ3v) is 5.32. The number of amides is 1. The van der Waals surface area contributed by atoms with E-state index in [1.54, 1.807) is 25.3 Å². The molecule has 0 fully saturated rings. The van der Waals surface area contributed by atoms with Gasteiger partial charge < -0.3 is 10.1 Å². The van der Waals surface area contributed by atoms with Crippen molar-refractivity contribution in [2.45, 2.75) is 18.1 Å². The van der Waals surface area contributed by atoms with Crippen LogP contribution in [0.3, 0.4) is 0 Å². The smallest absolute Gasteiger partial charge is 0.230 e. The van der Waals surface area contributed by atoms with Crippen LogP contribution in [-0.2, 0) is 17.8 Å². The molecule has 1 aromatic heterocycles. The lowest BCUT2D eigenvalue weighted by Crippen LogP contribution is -2.27. The molecule has 2 aromatic carbocycles. The number of rotatable bonds is 10. The molecule has 0 atom stereocenters. The maximum absolute atomic E-state index is 12.9. The van der Waals surface area contributed by atoms with E-state index < -0.39 is 0 Å². The first-order valence-corrected chi connectivity index (χ1v) is 10.4. The summed E-state index contributed by atoms with van der Waals surface area (Å²) in [6, 6.07) is 13.8. The number of nitrogens with one attached hydrogen (secondary N) is 1. The first kappa shape index (κ1) is 21.6. The predicted octanol–water partition coefficient (Wildman–Crippen LogP) is 3.73. The molecule has 3 aromatic rings. The summed E-state index contributed by atoms with van der Waals surface area (Å²) in [5, 5.41) is 12.1. The Hall–Kier alpha value is -3.13. The van der Waals surface area contributed by atoms with E-state index in [0.29, 0.717) is 36.2 Å². The molecule has 1 heterocycles. The van der Waals surface area contributed by atoms with Crippen LogP contribution in [0.4, 0.5) is 4.39 Å². The zero-order valence-corrected chi connectivity index (χ0v) is 17.5. The van der Waals surface area contributed by atoms with Crippen LogP contribution in [0, 0.1) is 5.82 Å². The summed E-state index contributed by atoms with van der Waals surface area (Å²) in [5.74, 6) is 1.20. The van der Waals surface area contributed by atoms with Crippen molar-refractivity contribution < 1.29 is 13.9 Å². The van der Waals surface area contributed by atoms with Crippen LogP contribution in [0.1, 0.15) is 5.56 Å². The molecule has 30 heavy (non-hydrogen) atoms. The van der Waals surface area contributed by atoms with Gasteiger partial charge in [0.2, 0.25) is 5.91 Å². The highest BCUT2D eigenvalue weighted by molar-refractivity contribution is 7.99. The molecule has 0 saturated carbocycles. The normalized spacial score (nSPS) is 10.6. The van der Waals surface area contributed by atoms with Crippen LogP contribution in [-0.4, -0.2) is 40.1 Å². The minimum atomic E-state index is -0.268. The Kier molecular flexibility index (Phi) is 7.62.